The molecule has 4 aromatic rings. The van der Waals surface area contributed by atoms with E-state index >= 15 is 0 Å². The molecule has 1 fully saturated rings. The Balaban J connectivity index is 1.63. The van der Waals surface area contributed by atoms with E-state index in [9.17, 15) is 17.6 Å². The largest absolute Gasteiger partial charge is 0.468 e. The van der Waals surface area contributed by atoms with Gasteiger partial charge in [0.15, 0.2) is 6.61 Å². The molecule has 3 heterocycles. The summed E-state index contributed by atoms with van der Waals surface area (Å²) in [6.45, 7) is -1.45. The van der Waals surface area contributed by atoms with Crippen LogP contribution in [0.4, 0.5) is 23.5 Å². The second-order valence-corrected chi connectivity index (χ2v) is 8.19. The Morgan fingerprint density at radius 2 is 1.79 bits per heavy atom. The molecule has 1 aromatic carbocycles. The van der Waals surface area contributed by atoms with Gasteiger partial charge in [0, 0.05) is 23.9 Å². The van der Waals surface area contributed by atoms with Crippen LogP contribution in [0.1, 0.15) is 25.7 Å². The maximum absolute atomic E-state index is 13.6. The van der Waals surface area contributed by atoms with E-state index in [0.717, 1.165) is 25.7 Å². The van der Waals surface area contributed by atoms with Gasteiger partial charge in [-0.15, -0.1) is 0 Å². The van der Waals surface area contributed by atoms with Gasteiger partial charge < -0.3 is 10.1 Å². The highest BCUT2D eigenvalue weighted by atomic mass is 19.4. The molecule has 6 nitrogen and oxygen atoms in total. The van der Waals surface area contributed by atoms with Crippen LogP contribution in [0.15, 0.2) is 54.7 Å². The molecule has 10 heteroatoms. The van der Waals surface area contributed by atoms with Crippen molar-refractivity contribution in [3.8, 4) is 28.4 Å². The number of hydrogen-bond acceptors (Lipinski definition) is 5. The van der Waals surface area contributed by atoms with Gasteiger partial charge in [-0.25, -0.2) is 14.4 Å². The van der Waals surface area contributed by atoms with Crippen LogP contribution in [0.5, 0.6) is 5.88 Å². The Morgan fingerprint density at radius 3 is 2.53 bits per heavy atom. The third-order valence-electron chi connectivity index (χ3n) is 5.72. The zero-order chi connectivity index (χ0) is 23.7. The number of aromatic nitrogens is 4. The number of halogens is 4. The summed E-state index contributed by atoms with van der Waals surface area (Å²) in [5.74, 6) is -0.00516. The van der Waals surface area contributed by atoms with E-state index in [4.69, 9.17) is 4.74 Å². The van der Waals surface area contributed by atoms with Crippen LogP contribution in [0.2, 0.25) is 0 Å². The standard InChI is InChI=1S/C24H21F4N5O/c25-16-10-8-15(9-11-16)22-21(18-12-13-29-23(31-18)30-17-4-1-2-5-17)19-6-3-7-20(33(19)32-22)34-14-24(26,27)28/h3,6-13,17H,1-2,4-5,14H2,(H,29,30,31). The van der Waals surface area contributed by atoms with Gasteiger partial charge in [0.05, 0.1) is 16.8 Å². The summed E-state index contributed by atoms with van der Waals surface area (Å²) in [6.07, 6.45) is 1.53. The van der Waals surface area contributed by atoms with E-state index in [0.29, 0.717) is 40.0 Å². The lowest BCUT2D eigenvalue weighted by molar-refractivity contribution is -0.154. The zero-order valence-electron chi connectivity index (χ0n) is 18.0. The molecule has 1 aliphatic carbocycles. The highest BCUT2D eigenvalue weighted by Gasteiger charge is 2.29. The molecule has 0 radical (unpaired) electrons. The molecule has 0 saturated heterocycles. The molecule has 176 valence electrons. The number of hydrogen-bond donors (Lipinski definition) is 1. The first kappa shape index (κ1) is 22.1. The molecule has 1 aliphatic rings. The molecule has 0 bridgehead atoms. The SMILES string of the molecule is Fc1ccc(-c2nn3c(OCC(F)(F)F)cccc3c2-c2ccnc(NC3CCCC3)n2)cc1. The Labute approximate surface area is 192 Å². The molecule has 0 amide bonds. The van der Waals surface area contributed by atoms with Crippen LogP contribution in [0.3, 0.4) is 0 Å². The van der Waals surface area contributed by atoms with Crippen molar-refractivity contribution in [1.29, 1.82) is 0 Å². The molecule has 3 aromatic heterocycles. The maximum atomic E-state index is 13.6. The Kier molecular flexibility index (Phi) is 5.80. The van der Waals surface area contributed by atoms with Gasteiger partial charge in [-0.05, 0) is 49.2 Å². The fourth-order valence-electron chi connectivity index (χ4n) is 4.19. The van der Waals surface area contributed by atoms with Crippen molar-refractivity contribution >= 4 is 11.5 Å². The molecule has 0 unspecified atom stereocenters. The Bertz CT molecular complexity index is 1300. The van der Waals surface area contributed by atoms with Gasteiger partial charge in [0.2, 0.25) is 11.8 Å². The summed E-state index contributed by atoms with van der Waals surface area (Å²) in [7, 11) is 0. The minimum atomic E-state index is -4.49. The number of alkyl halides is 3. The highest BCUT2D eigenvalue weighted by Crippen LogP contribution is 2.36. The van der Waals surface area contributed by atoms with Crippen molar-refractivity contribution in [2.45, 2.75) is 37.9 Å². The number of rotatable bonds is 6. The van der Waals surface area contributed by atoms with Crippen LogP contribution >= 0.6 is 0 Å². The van der Waals surface area contributed by atoms with Crippen molar-refractivity contribution in [3.05, 3.63) is 60.5 Å². The second-order valence-electron chi connectivity index (χ2n) is 8.19. The fraction of sp³-hybridized carbons (Fsp3) is 0.292. The minimum absolute atomic E-state index is 0.0669. The second kappa shape index (κ2) is 8.92. The van der Waals surface area contributed by atoms with Gasteiger partial charge in [-0.3, -0.25) is 0 Å². The Hall–Kier alpha value is -3.69. The van der Waals surface area contributed by atoms with Crippen molar-refractivity contribution < 1.29 is 22.3 Å². The summed E-state index contributed by atoms with van der Waals surface area (Å²) in [4.78, 5) is 9.01. The summed E-state index contributed by atoms with van der Waals surface area (Å²) in [5.41, 5.74) is 2.66. The Morgan fingerprint density at radius 1 is 1.03 bits per heavy atom. The van der Waals surface area contributed by atoms with Crippen molar-refractivity contribution in [2.75, 3.05) is 11.9 Å². The quantitative estimate of drug-likeness (QED) is 0.355. The number of benzene rings is 1. The summed E-state index contributed by atoms with van der Waals surface area (Å²) in [5, 5.41) is 7.90. The first-order valence-corrected chi connectivity index (χ1v) is 10.9. The van der Waals surface area contributed by atoms with Gasteiger partial charge in [0.25, 0.3) is 0 Å². The number of nitrogens with one attached hydrogen (secondary N) is 1. The highest BCUT2D eigenvalue weighted by molar-refractivity contribution is 5.91. The number of pyridine rings is 1. The van der Waals surface area contributed by atoms with E-state index in [1.54, 1.807) is 36.5 Å². The molecule has 34 heavy (non-hydrogen) atoms. The van der Waals surface area contributed by atoms with Crippen molar-refractivity contribution in [1.82, 2.24) is 19.6 Å². The molecule has 0 aliphatic heterocycles. The summed E-state index contributed by atoms with van der Waals surface area (Å²) < 4.78 is 58.3. The van der Waals surface area contributed by atoms with Crippen molar-refractivity contribution in [2.24, 2.45) is 0 Å². The predicted octanol–water partition coefficient (Wildman–Crippen LogP) is 5.89. The third-order valence-corrected chi connectivity index (χ3v) is 5.72. The average Bonchev–Trinajstić information content (AvgIpc) is 3.46. The van der Waals surface area contributed by atoms with Gasteiger partial charge in [0.1, 0.15) is 11.5 Å². The van der Waals surface area contributed by atoms with Gasteiger partial charge in [-0.1, -0.05) is 18.9 Å². The lowest BCUT2D eigenvalue weighted by atomic mass is 10.0. The van der Waals surface area contributed by atoms with Gasteiger partial charge >= 0.3 is 6.18 Å². The van der Waals surface area contributed by atoms with Crippen LogP contribution in [0, 0.1) is 5.82 Å². The van der Waals surface area contributed by atoms with Crippen LogP contribution in [0.25, 0.3) is 28.0 Å². The van der Waals surface area contributed by atoms with E-state index in [-0.39, 0.29) is 5.88 Å². The summed E-state index contributed by atoms with van der Waals surface area (Å²) >= 11 is 0. The number of nitrogens with zero attached hydrogens (tertiary/aromatic N) is 4. The lowest BCUT2D eigenvalue weighted by Gasteiger charge is -2.12. The maximum Gasteiger partial charge on any atom is 0.422 e. The topological polar surface area (TPSA) is 64.3 Å². The molecular weight excluding hydrogens is 450 g/mol. The molecule has 5 rings (SSSR count). The molecule has 0 spiro atoms. The summed E-state index contributed by atoms with van der Waals surface area (Å²) in [6, 6.07) is 12.5. The number of ether oxygens (including phenoxy) is 1. The van der Waals surface area contributed by atoms with E-state index in [1.807, 2.05) is 0 Å². The average molecular weight is 471 g/mol. The minimum Gasteiger partial charge on any atom is -0.468 e. The molecular formula is C24H21F4N5O. The predicted molar refractivity (Wildman–Crippen MR) is 119 cm³/mol. The monoisotopic (exact) mass is 471 g/mol. The van der Waals surface area contributed by atoms with E-state index in [1.165, 1.54) is 22.7 Å². The van der Waals surface area contributed by atoms with Gasteiger partial charge in [-0.2, -0.15) is 22.8 Å². The zero-order valence-corrected chi connectivity index (χ0v) is 18.0. The smallest absolute Gasteiger partial charge is 0.422 e. The van der Waals surface area contributed by atoms with Crippen LogP contribution in [-0.4, -0.2) is 38.4 Å². The fourth-order valence-corrected chi connectivity index (χ4v) is 4.19. The van der Waals surface area contributed by atoms with E-state index in [2.05, 4.69) is 20.4 Å². The van der Waals surface area contributed by atoms with Crippen LogP contribution in [-0.2, 0) is 0 Å². The first-order valence-electron chi connectivity index (χ1n) is 10.9. The van der Waals surface area contributed by atoms with E-state index < -0.39 is 18.6 Å². The normalized spacial score (nSPS) is 14.6. The molecule has 1 saturated carbocycles. The number of anilines is 1. The van der Waals surface area contributed by atoms with Crippen LogP contribution < -0.4 is 10.1 Å². The first-order chi connectivity index (χ1) is 16.4. The third kappa shape index (κ3) is 4.66. The van der Waals surface area contributed by atoms with Crippen molar-refractivity contribution in [3.63, 3.8) is 0 Å². The lowest BCUT2D eigenvalue weighted by Crippen LogP contribution is -2.20. The molecule has 1 N–H and O–H groups in total. The number of fused-ring (bicyclic) bond motifs is 1. The molecule has 0 atom stereocenters.